The molecular weight excluding hydrogens is 877 g/mol. The number of allylic oxidation sites excluding steroid dienone is 16. The molecule has 0 fully saturated rings. The Hall–Kier alpha value is -3.67. The Morgan fingerprint density at radius 2 is 0.507 bits per heavy atom. The second-order valence-corrected chi connectivity index (χ2v) is 19.5. The topological polar surface area (TPSA) is 78.9 Å². The fraction of sp³-hybridized carbons (Fsp3) is 0.708. The van der Waals surface area contributed by atoms with Crippen LogP contribution in [0.4, 0.5) is 0 Å². The molecule has 0 aromatic heterocycles. The van der Waals surface area contributed by atoms with Gasteiger partial charge in [-0.2, -0.15) is 0 Å². The van der Waals surface area contributed by atoms with E-state index in [0.717, 1.165) is 96.3 Å². The van der Waals surface area contributed by atoms with Gasteiger partial charge in [-0.1, -0.05) is 227 Å². The van der Waals surface area contributed by atoms with Gasteiger partial charge in [0.1, 0.15) is 13.2 Å². The van der Waals surface area contributed by atoms with Crippen LogP contribution in [0.5, 0.6) is 0 Å². The molecule has 0 aliphatic heterocycles. The lowest BCUT2D eigenvalue weighted by atomic mass is 10.1. The standard InChI is InChI=1S/C65H110O6/c1-4-7-10-13-16-19-22-25-28-30-32-34-37-40-43-46-49-52-55-58-64(67)70-61-62(60-69-63(66)57-54-51-48-45-42-39-36-27-24-21-18-15-12-9-6-3)71-65(68)59-56-53-50-47-44-41-38-35-33-31-29-26-23-20-17-14-11-8-5-2/h17-18,20-21,25-29,33,35-36,41-42,44-45,62H,4-16,19,22-24,30-32,34,37-40,43,46-61H2,1-3H3/b20-17-,21-18-,28-25-,29-26-,35-33-,36-27-,44-41-,45-42-/t62-/m1/s1. The molecule has 0 bridgehead atoms. The second kappa shape index (κ2) is 58.9. The van der Waals surface area contributed by atoms with Crippen LogP contribution in [-0.2, 0) is 28.6 Å². The number of rotatable bonds is 53. The van der Waals surface area contributed by atoms with E-state index in [1.54, 1.807) is 0 Å². The molecule has 0 rings (SSSR count). The molecule has 406 valence electrons. The van der Waals surface area contributed by atoms with Crippen LogP contribution in [0.3, 0.4) is 0 Å². The normalized spacial score (nSPS) is 12.8. The third-order valence-electron chi connectivity index (χ3n) is 12.5. The van der Waals surface area contributed by atoms with Crippen molar-refractivity contribution < 1.29 is 28.6 Å². The van der Waals surface area contributed by atoms with Crippen molar-refractivity contribution in [2.24, 2.45) is 0 Å². The highest BCUT2D eigenvalue weighted by atomic mass is 16.6. The molecule has 71 heavy (non-hydrogen) atoms. The molecule has 0 heterocycles. The lowest BCUT2D eigenvalue weighted by molar-refractivity contribution is -0.167. The number of carbonyl (C=O) groups excluding carboxylic acids is 3. The van der Waals surface area contributed by atoms with Crippen molar-refractivity contribution in [3.8, 4) is 0 Å². The van der Waals surface area contributed by atoms with E-state index in [1.165, 1.54) is 141 Å². The van der Waals surface area contributed by atoms with Crippen molar-refractivity contribution in [3.63, 3.8) is 0 Å². The summed E-state index contributed by atoms with van der Waals surface area (Å²) in [5.41, 5.74) is 0. The molecule has 0 aromatic rings. The van der Waals surface area contributed by atoms with Gasteiger partial charge >= 0.3 is 17.9 Å². The van der Waals surface area contributed by atoms with Crippen molar-refractivity contribution in [2.45, 2.75) is 284 Å². The van der Waals surface area contributed by atoms with E-state index in [0.29, 0.717) is 12.8 Å². The number of hydrogen-bond donors (Lipinski definition) is 0. The van der Waals surface area contributed by atoms with Gasteiger partial charge in [-0.15, -0.1) is 0 Å². The van der Waals surface area contributed by atoms with E-state index in [1.807, 2.05) is 0 Å². The van der Waals surface area contributed by atoms with Gasteiger partial charge in [0.05, 0.1) is 0 Å². The number of ether oxygens (including phenoxy) is 3. The second-order valence-electron chi connectivity index (χ2n) is 19.5. The molecule has 0 amide bonds. The molecule has 6 heteroatoms. The van der Waals surface area contributed by atoms with Crippen LogP contribution in [0.1, 0.15) is 278 Å². The minimum Gasteiger partial charge on any atom is -0.462 e. The van der Waals surface area contributed by atoms with Gasteiger partial charge in [-0.3, -0.25) is 14.4 Å². The summed E-state index contributed by atoms with van der Waals surface area (Å²) < 4.78 is 16.8. The number of unbranched alkanes of at least 4 members (excludes halogenated alkanes) is 26. The van der Waals surface area contributed by atoms with Gasteiger partial charge < -0.3 is 14.2 Å². The van der Waals surface area contributed by atoms with E-state index in [9.17, 15) is 14.4 Å². The SMILES string of the molecule is CCCCC/C=C\C/C=C\C/C=C\C/C=C\CCCCCC(=O)O[C@H](COC(=O)CCCC/C=C\C/C=C\C/C=C\CCCCC)COC(=O)CCCCCCCCCCC/C=C\CCCCCCCC. The molecule has 1 atom stereocenters. The molecule has 0 saturated carbocycles. The molecule has 0 aromatic carbocycles. The molecule has 6 nitrogen and oxygen atoms in total. The van der Waals surface area contributed by atoms with Crippen LogP contribution in [0, 0.1) is 0 Å². The van der Waals surface area contributed by atoms with Crippen LogP contribution in [0.15, 0.2) is 97.2 Å². The van der Waals surface area contributed by atoms with Crippen molar-refractivity contribution >= 4 is 17.9 Å². The minimum atomic E-state index is -0.812. The summed E-state index contributed by atoms with van der Waals surface area (Å²) in [5, 5.41) is 0. The molecule has 0 radical (unpaired) electrons. The Morgan fingerprint density at radius 1 is 0.282 bits per heavy atom. The Bertz CT molecular complexity index is 1410. The molecule has 0 aliphatic rings. The maximum atomic E-state index is 12.9. The minimum absolute atomic E-state index is 0.104. The van der Waals surface area contributed by atoms with Crippen LogP contribution in [0.25, 0.3) is 0 Å². The van der Waals surface area contributed by atoms with E-state index >= 15 is 0 Å². The highest BCUT2D eigenvalue weighted by molar-refractivity contribution is 5.71. The third-order valence-corrected chi connectivity index (χ3v) is 12.5. The van der Waals surface area contributed by atoms with Gasteiger partial charge in [0.15, 0.2) is 6.10 Å². The van der Waals surface area contributed by atoms with Gasteiger partial charge in [0.25, 0.3) is 0 Å². The van der Waals surface area contributed by atoms with E-state index in [2.05, 4.69) is 118 Å². The summed E-state index contributed by atoms with van der Waals surface area (Å²) >= 11 is 0. The van der Waals surface area contributed by atoms with Crippen LogP contribution >= 0.6 is 0 Å². The fourth-order valence-corrected chi connectivity index (χ4v) is 8.01. The Balaban J connectivity index is 4.49. The van der Waals surface area contributed by atoms with Crippen molar-refractivity contribution in [3.05, 3.63) is 97.2 Å². The molecule has 0 saturated heterocycles. The van der Waals surface area contributed by atoms with Gasteiger partial charge in [-0.05, 0) is 128 Å². The summed E-state index contributed by atoms with van der Waals surface area (Å²) in [6.45, 7) is 6.53. The zero-order chi connectivity index (χ0) is 51.4. The lowest BCUT2D eigenvalue weighted by Crippen LogP contribution is -2.30. The number of carbonyl (C=O) groups is 3. The maximum absolute atomic E-state index is 12.9. The molecule has 0 unspecified atom stereocenters. The summed E-state index contributed by atoms with van der Waals surface area (Å²) in [4.78, 5) is 38.2. The van der Waals surface area contributed by atoms with Crippen molar-refractivity contribution in [1.29, 1.82) is 0 Å². The van der Waals surface area contributed by atoms with Crippen LogP contribution < -0.4 is 0 Å². The molecule has 0 spiro atoms. The highest BCUT2D eigenvalue weighted by Crippen LogP contribution is 2.14. The lowest BCUT2D eigenvalue weighted by Gasteiger charge is -2.18. The summed E-state index contributed by atoms with van der Waals surface area (Å²) in [6.07, 6.45) is 78.3. The number of esters is 3. The van der Waals surface area contributed by atoms with E-state index in [-0.39, 0.29) is 37.5 Å². The summed E-state index contributed by atoms with van der Waals surface area (Å²) in [6, 6.07) is 0. The highest BCUT2D eigenvalue weighted by Gasteiger charge is 2.19. The van der Waals surface area contributed by atoms with Crippen LogP contribution in [-0.4, -0.2) is 37.2 Å². The first-order valence-electron chi connectivity index (χ1n) is 29.7. The summed E-state index contributed by atoms with van der Waals surface area (Å²) in [7, 11) is 0. The van der Waals surface area contributed by atoms with Crippen molar-refractivity contribution in [1.82, 2.24) is 0 Å². The quantitative estimate of drug-likeness (QED) is 0.0261. The average molecular weight is 988 g/mol. The number of hydrogen-bond acceptors (Lipinski definition) is 6. The first-order chi connectivity index (χ1) is 35.0. The Labute approximate surface area is 438 Å². The van der Waals surface area contributed by atoms with Crippen LogP contribution in [0.2, 0.25) is 0 Å². The molecule has 0 aliphatic carbocycles. The van der Waals surface area contributed by atoms with Crippen molar-refractivity contribution in [2.75, 3.05) is 13.2 Å². The molecular formula is C65H110O6. The smallest absolute Gasteiger partial charge is 0.306 e. The molecule has 0 N–H and O–H groups in total. The zero-order valence-corrected chi connectivity index (χ0v) is 46.5. The predicted octanol–water partition coefficient (Wildman–Crippen LogP) is 20.1. The largest absolute Gasteiger partial charge is 0.462 e. The average Bonchev–Trinajstić information content (AvgIpc) is 3.37. The first-order valence-corrected chi connectivity index (χ1v) is 29.7. The summed E-state index contributed by atoms with van der Waals surface area (Å²) in [5.74, 6) is -0.973. The Morgan fingerprint density at radius 3 is 0.873 bits per heavy atom. The predicted molar refractivity (Wildman–Crippen MR) is 307 cm³/mol. The third kappa shape index (κ3) is 57.1. The Kier molecular flexibility index (Phi) is 55.9. The monoisotopic (exact) mass is 987 g/mol. The van der Waals surface area contributed by atoms with Gasteiger partial charge in [-0.25, -0.2) is 0 Å². The first kappa shape index (κ1) is 67.3. The zero-order valence-electron chi connectivity index (χ0n) is 46.5. The van der Waals surface area contributed by atoms with Gasteiger partial charge in [0, 0.05) is 19.3 Å². The fourth-order valence-electron chi connectivity index (χ4n) is 8.01. The van der Waals surface area contributed by atoms with E-state index < -0.39 is 6.10 Å². The maximum Gasteiger partial charge on any atom is 0.306 e. The van der Waals surface area contributed by atoms with Gasteiger partial charge in [0.2, 0.25) is 0 Å². The van der Waals surface area contributed by atoms with E-state index in [4.69, 9.17) is 14.2 Å².